The molecule has 0 radical (unpaired) electrons. The fourth-order valence-electron chi connectivity index (χ4n) is 4.43. The first-order chi connectivity index (χ1) is 13.2. The van der Waals surface area contributed by atoms with Crippen molar-refractivity contribution in [1.82, 2.24) is 9.80 Å². The van der Waals surface area contributed by atoms with Gasteiger partial charge in [-0.15, -0.1) is 0 Å². The number of rotatable bonds is 4. The summed E-state index contributed by atoms with van der Waals surface area (Å²) >= 11 is 0. The molecule has 1 saturated heterocycles. The predicted octanol–water partition coefficient (Wildman–Crippen LogP) is 2.93. The molecule has 2 aliphatic heterocycles. The van der Waals surface area contributed by atoms with Gasteiger partial charge in [-0.3, -0.25) is 9.80 Å². The van der Waals surface area contributed by atoms with Crippen LogP contribution in [0.4, 0.5) is 0 Å². The maximum Gasteiger partial charge on any atom is 0.231 e. The summed E-state index contributed by atoms with van der Waals surface area (Å²) in [5.74, 6) is 2.18. The molecule has 1 N–H and O–H groups in total. The third-order valence-electron chi connectivity index (χ3n) is 6.00. The molecule has 142 valence electrons. The van der Waals surface area contributed by atoms with Crippen LogP contribution >= 0.6 is 0 Å². The van der Waals surface area contributed by atoms with Crippen LogP contribution < -0.4 is 9.47 Å². The van der Waals surface area contributed by atoms with Crippen molar-refractivity contribution in [2.45, 2.75) is 32.4 Å². The average molecular weight is 366 g/mol. The van der Waals surface area contributed by atoms with E-state index in [9.17, 15) is 5.11 Å². The van der Waals surface area contributed by atoms with Gasteiger partial charge < -0.3 is 14.6 Å². The molecule has 0 spiro atoms. The van der Waals surface area contributed by atoms with Gasteiger partial charge in [-0.25, -0.2) is 0 Å². The monoisotopic (exact) mass is 366 g/mol. The van der Waals surface area contributed by atoms with Crippen LogP contribution in [0.3, 0.4) is 0 Å². The topological polar surface area (TPSA) is 45.2 Å². The van der Waals surface area contributed by atoms with Gasteiger partial charge >= 0.3 is 0 Å². The largest absolute Gasteiger partial charge is 0.508 e. The normalized spacial score (nSPS) is 19.4. The number of hydrogen-bond acceptors (Lipinski definition) is 5. The summed E-state index contributed by atoms with van der Waals surface area (Å²) < 4.78 is 10.9. The zero-order valence-electron chi connectivity index (χ0n) is 15.6. The van der Waals surface area contributed by atoms with E-state index in [2.05, 4.69) is 28.0 Å². The molecule has 5 nitrogen and oxygen atoms in total. The van der Waals surface area contributed by atoms with Crippen molar-refractivity contribution in [2.75, 3.05) is 33.0 Å². The Morgan fingerprint density at radius 2 is 1.52 bits per heavy atom. The van der Waals surface area contributed by atoms with E-state index in [0.717, 1.165) is 69.2 Å². The second kappa shape index (κ2) is 7.06. The molecule has 0 bridgehead atoms. The van der Waals surface area contributed by atoms with Crippen LogP contribution in [-0.4, -0.2) is 47.9 Å². The minimum atomic E-state index is 0.326. The lowest BCUT2D eigenvalue weighted by Crippen LogP contribution is -2.45. The lowest BCUT2D eigenvalue weighted by molar-refractivity contribution is 0.121. The quantitative estimate of drug-likeness (QED) is 0.901. The van der Waals surface area contributed by atoms with Crippen LogP contribution in [0.25, 0.3) is 0 Å². The minimum absolute atomic E-state index is 0.326. The van der Waals surface area contributed by atoms with E-state index < -0.39 is 0 Å². The van der Waals surface area contributed by atoms with Crippen LogP contribution in [-0.2, 0) is 25.9 Å². The molecule has 0 aromatic heterocycles. The molecular weight excluding hydrogens is 340 g/mol. The molecule has 5 heteroatoms. The van der Waals surface area contributed by atoms with Crippen LogP contribution in [0.5, 0.6) is 17.2 Å². The Labute approximate surface area is 160 Å². The molecule has 1 fully saturated rings. The van der Waals surface area contributed by atoms with E-state index in [1.54, 1.807) is 0 Å². The maximum absolute atomic E-state index is 10.4. The summed E-state index contributed by atoms with van der Waals surface area (Å²) in [5, 5.41) is 10.4. The van der Waals surface area contributed by atoms with Gasteiger partial charge in [0.25, 0.3) is 0 Å². The molecule has 0 saturated carbocycles. The summed E-state index contributed by atoms with van der Waals surface area (Å²) in [6.07, 6.45) is 3.49. The fourth-order valence-corrected chi connectivity index (χ4v) is 4.43. The highest BCUT2D eigenvalue weighted by molar-refractivity contribution is 5.45. The average Bonchev–Trinajstić information content (AvgIpc) is 3.32. The van der Waals surface area contributed by atoms with Crippen molar-refractivity contribution >= 4 is 0 Å². The van der Waals surface area contributed by atoms with Gasteiger partial charge in [0.15, 0.2) is 11.5 Å². The highest BCUT2D eigenvalue weighted by atomic mass is 16.7. The zero-order chi connectivity index (χ0) is 18.2. The SMILES string of the molecule is Oc1cc2c(cc1CN1CCN(Cc3ccc4c(c3)OCO4)CC1)CCC2. The molecule has 3 aliphatic rings. The Kier molecular flexibility index (Phi) is 4.42. The van der Waals surface area contributed by atoms with Crippen molar-refractivity contribution in [2.24, 2.45) is 0 Å². The Bertz CT molecular complexity index is 844. The highest BCUT2D eigenvalue weighted by Gasteiger charge is 2.21. The van der Waals surface area contributed by atoms with Crippen molar-refractivity contribution in [3.05, 3.63) is 52.6 Å². The predicted molar refractivity (Wildman–Crippen MR) is 103 cm³/mol. The molecule has 0 amide bonds. The number of nitrogens with zero attached hydrogens (tertiary/aromatic N) is 2. The lowest BCUT2D eigenvalue weighted by Gasteiger charge is -2.35. The first kappa shape index (κ1) is 16.9. The molecule has 27 heavy (non-hydrogen) atoms. The molecule has 0 atom stereocenters. The Balaban J connectivity index is 1.17. The Hall–Kier alpha value is -2.24. The Morgan fingerprint density at radius 1 is 0.815 bits per heavy atom. The summed E-state index contributed by atoms with van der Waals surface area (Å²) in [7, 11) is 0. The van der Waals surface area contributed by atoms with E-state index in [0.29, 0.717) is 12.5 Å². The number of piperazine rings is 1. The van der Waals surface area contributed by atoms with Gasteiger partial charge in [0, 0.05) is 44.8 Å². The zero-order valence-corrected chi connectivity index (χ0v) is 15.6. The number of aryl methyl sites for hydroxylation is 2. The van der Waals surface area contributed by atoms with E-state index in [4.69, 9.17) is 9.47 Å². The standard InChI is InChI=1S/C22H26N2O3/c25-20-12-18-3-1-2-17(18)11-19(20)14-24-8-6-23(7-9-24)13-16-4-5-21-22(10-16)27-15-26-21/h4-5,10-12,25H,1-3,6-9,13-15H2. The van der Waals surface area contributed by atoms with Crippen molar-refractivity contribution in [3.8, 4) is 17.2 Å². The molecule has 2 heterocycles. The molecular formula is C22H26N2O3. The van der Waals surface area contributed by atoms with E-state index in [-0.39, 0.29) is 0 Å². The Morgan fingerprint density at radius 3 is 2.33 bits per heavy atom. The fraction of sp³-hybridized carbons (Fsp3) is 0.455. The number of aromatic hydroxyl groups is 1. The van der Waals surface area contributed by atoms with Gasteiger partial charge in [0.1, 0.15) is 5.75 Å². The van der Waals surface area contributed by atoms with Crippen molar-refractivity contribution < 1.29 is 14.6 Å². The lowest BCUT2D eigenvalue weighted by atomic mass is 10.0. The second-order valence-electron chi connectivity index (χ2n) is 7.84. The number of fused-ring (bicyclic) bond motifs is 2. The minimum Gasteiger partial charge on any atom is -0.508 e. The number of phenolic OH excluding ortho intramolecular Hbond substituents is 1. The molecule has 2 aromatic rings. The smallest absolute Gasteiger partial charge is 0.231 e. The first-order valence-corrected chi connectivity index (χ1v) is 9.91. The van der Waals surface area contributed by atoms with Crippen LogP contribution in [0, 0.1) is 0 Å². The molecule has 2 aromatic carbocycles. The van der Waals surface area contributed by atoms with Crippen molar-refractivity contribution in [3.63, 3.8) is 0 Å². The summed E-state index contributed by atoms with van der Waals surface area (Å²) in [6, 6.07) is 10.5. The molecule has 5 rings (SSSR count). The van der Waals surface area contributed by atoms with Gasteiger partial charge in [0.2, 0.25) is 6.79 Å². The van der Waals surface area contributed by atoms with Crippen LogP contribution in [0.15, 0.2) is 30.3 Å². The van der Waals surface area contributed by atoms with E-state index >= 15 is 0 Å². The van der Waals surface area contributed by atoms with Crippen molar-refractivity contribution in [1.29, 1.82) is 0 Å². The van der Waals surface area contributed by atoms with Gasteiger partial charge in [0.05, 0.1) is 0 Å². The maximum atomic E-state index is 10.4. The van der Waals surface area contributed by atoms with Crippen LogP contribution in [0.2, 0.25) is 0 Å². The van der Waals surface area contributed by atoms with Crippen LogP contribution in [0.1, 0.15) is 28.7 Å². The third kappa shape index (κ3) is 3.49. The number of ether oxygens (including phenoxy) is 2. The van der Waals surface area contributed by atoms with Gasteiger partial charge in [-0.2, -0.15) is 0 Å². The first-order valence-electron chi connectivity index (χ1n) is 9.91. The number of phenols is 1. The van der Waals surface area contributed by atoms with E-state index in [1.165, 1.54) is 23.1 Å². The van der Waals surface area contributed by atoms with Gasteiger partial charge in [-0.05, 0) is 54.2 Å². The second-order valence-corrected chi connectivity index (χ2v) is 7.84. The third-order valence-corrected chi connectivity index (χ3v) is 6.00. The summed E-state index contributed by atoms with van der Waals surface area (Å²) in [5.41, 5.74) is 5.12. The number of hydrogen-bond donors (Lipinski definition) is 1. The number of benzene rings is 2. The molecule has 0 unspecified atom stereocenters. The molecule has 1 aliphatic carbocycles. The summed E-state index contributed by atoms with van der Waals surface area (Å²) in [6.45, 7) is 6.25. The summed E-state index contributed by atoms with van der Waals surface area (Å²) in [4.78, 5) is 4.93. The van der Waals surface area contributed by atoms with Gasteiger partial charge in [-0.1, -0.05) is 12.1 Å². The van der Waals surface area contributed by atoms with E-state index in [1.807, 2.05) is 12.1 Å². The highest BCUT2D eigenvalue weighted by Crippen LogP contribution is 2.33.